The molecule has 0 aliphatic heterocycles. The van der Waals surface area contributed by atoms with Crippen LogP contribution >= 0.6 is 0 Å². The molecule has 1 atom stereocenters. The van der Waals surface area contributed by atoms with E-state index in [4.69, 9.17) is 4.74 Å². The summed E-state index contributed by atoms with van der Waals surface area (Å²) in [5.74, 6) is -1.23. The predicted molar refractivity (Wildman–Crippen MR) is 137 cm³/mol. The van der Waals surface area contributed by atoms with Gasteiger partial charge in [0, 0.05) is 31.5 Å². The summed E-state index contributed by atoms with van der Waals surface area (Å²) in [5.41, 5.74) is 1.29. The van der Waals surface area contributed by atoms with Crippen LogP contribution in [0.1, 0.15) is 53.9 Å². The lowest BCUT2D eigenvalue weighted by atomic mass is 9.84. The standard InChI is InChI=1S/C25H29N3O7S/c1-25(2,3)16-10-15(11-18(13-16)28-9-8-22(29)26-24(28)32)12-21(35-4)19-7-6-17(27-36(5,33)34)14-20(19)23(30)31/h6-11,13-14,21,27H,12H2,1-5H3,(H,30,31)(H,26,29,32). The molecule has 0 saturated heterocycles. The number of nitrogens with zero attached hydrogens (tertiary/aromatic N) is 1. The third-order valence-electron chi connectivity index (χ3n) is 5.59. The Balaban J connectivity index is 2.10. The van der Waals surface area contributed by atoms with Crippen LogP contribution in [0, 0.1) is 0 Å². The Hall–Kier alpha value is -3.70. The largest absolute Gasteiger partial charge is 0.478 e. The van der Waals surface area contributed by atoms with E-state index in [1.165, 1.54) is 42.1 Å². The van der Waals surface area contributed by atoms with Crippen molar-refractivity contribution >= 4 is 21.7 Å². The fourth-order valence-corrected chi connectivity index (χ4v) is 4.37. The second kappa shape index (κ2) is 10.1. The average molecular weight is 516 g/mol. The average Bonchev–Trinajstić information content (AvgIpc) is 2.75. The first-order valence-corrected chi connectivity index (χ1v) is 12.9. The minimum atomic E-state index is -3.59. The SMILES string of the molecule is COC(Cc1cc(-n2ccc(=O)[nH]c2=O)cc(C(C)(C)C)c1)c1ccc(NS(C)(=O)=O)cc1C(=O)O. The number of carboxylic acids is 1. The lowest BCUT2D eigenvalue weighted by molar-refractivity contribution is 0.0677. The van der Waals surface area contributed by atoms with E-state index in [9.17, 15) is 27.9 Å². The summed E-state index contributed by atoms with van der Waals surface area (Å²) in [6, 6.07) is 11.1. The number of aromatic amines is 1. The molecule has 0 spiro atoms. The van der Waals surface area contributed by atoms with Crippen LogP contribution < -0.4 is 16.0 Å². The highest BCUT2D eigenvalue weighted by Gasteiger charge is 2.23. The van der Waals surface area contributed by atoms with Crippen molar-refractivity contribution in [2.75, 3.05) is 18.1 Å². The number of aromatic nitrogens is 2. The first-order chi connectivity index (χ1) is 16.7. The lowest BCUT2D eigenvalue weighted by Gasteiger charge is -2.24. The zero-order valence-electron chi connectivity index (χ0n) is 20.7. The Morgan fingerprint density at radius 2 is 1.83 bits per heavy atom. The summed E-state index contributed by atoms with van der Waals surface area (Å²) >= 11 is 0. The molecular formula is C25H29N3O7S. The van der Waals surface area contributed by atoms with E-state index in [1.54, 1.807) is 6.07 Å². The number of hydrogen-bond donors (Lipinski definition) is 3. The molecule has 0 aliphatic carbocycles. The van der Waals surface area contributed by atoms with Crippen LogP contribution in [0.2, 0.25) is 0 Å². The first-order valence-electron chi connectivity index (χ1n) is 11.0. The second-order valence-corrected chi connectivity index (χ2v) is 11.3. The number of carbonyl (C=O) groups is 1. The molecule has 0 saturated carbocycles. The van der Waals surface area contributed by atoms with Crippen LogP contribution in [0.4, 0.5) is 5.69 Å². The van der Waals surface area contributed by atoms with Crippen molar-refractivity contribution in [3.63, 3.8) is 0 Å². The third kappa shape index (κ3) is 6.49. The van der Waals surface area contributed by atoms with E-state index in [2.05, 4.69) is 9.71 Å². The zero-order chi connectivity index (χ0) is 26.8. The summed E-state index contributed by atoms with van der Waals surface area (Å²) in [6.07, 6.45) is 1.97. The topological polar surface area (TPSA) is 148 Å². The van der Waals surface area contributed by atoms with Crippen molar-refractivity contribution < 1.29 is 23.1 Å². The maximum atomic E-state index is 12.4. The molecule has 192 valence electrons. The molecule has 0 fully saturated rings. The molecule has 10 nitrogen and oxygen atoms in total. The Bertz CT molecular complexity index is 1520. The van der Waals surface area contributed by atoms with Gasteiger partial charge >= 0.3 is 11.7 Å². The molecule has 3 aromatic rings. The molecule has 11 heteroatoms. The van der Waals surface area contributed by atoms with E-state index < -0.39 is 33.3 Å². The summed E-state index contributed by atoms with van der Waals surface area (Å²) in [5, 5.41) is 9.80. The van der Waals surface area contributed by atoms with E-state index in [1.807, 2.05) is 32.9 Å². The molecule has 36 heavy (non-hydrogen) atoms. The molecule has 1 unspecified atom stereocenters. The van der Waals surface area contributed by atoms with Crippen LogP contribution in [-0.4, -0.2) is 42.4 Å². The van der Waals surface area contributed by atoms with Crippen molar-refractivity contribution in [2.24, 2.45) is 0 Å². The highest BCUT2D eigenvalue weighted by molar-refractivity contribution is 7.92. The number of carboxylic acid groups (broad SMARTS) is 1. The van der Waals surface area contributed by atoms with Gasteiger partial charge in [0.1, 0.15) is 0 Å². The van der Waals surface area contributed by atoms with Crippen molar-refractivity contribution in [3.05, 3.63) is 91.8 Å². The molecule has 3 rings (SSSR count). The van der Waals surface area contributed by atoms with Gasteiger partial charge in [-0.05, 0) is 46.4 Å². The number of aromatic carboxylic acids is 1. The smallest absolute Gasteiger partial charge is 0.336 e. The van der Waals surface area contributed by atoms with Crippen LogP contribution in [-0.2, 0) is 26.6 Å². The summed E-state index contributed by atoms with van der Waals surface area (Å²) in [7, 11) is -2.13. The summed E-state index contributed by atoms with van der Waals surface area (Å²) in [6.45, 7) is 6.07. The van der Waals surface area contributed by atoms with Gasteiger partial charge in [-0.15, -0.1) is 0 Å². The van der Waals surface area contributed by atoms with Gasteiger partial charge in [0.05, 0.1) is 23.6 Å². The zero-order valence-corrected chi connectivity index (χ0v) is 21.5. The highest BCUT2D eigenvalue weighted by atomic mass is 32.2. The highest BCUT2D eigenvalue weighted by Crippen LogP contribution is 2.31. The molecule has 2 aromatic carbocycles. The van der Waals surface area contributed by atoms with Gasteiger partial charge in [-0.1, -0.05) is 32.9 Å². The lowest BCUT2D eigenvalue weighted by Crippen LogP contribution is -2.28. The van der Waals surface area contributed by atoms with E-state index in [-0.39, 0.29) is 23.1 Å². The number of nitrogens with one attached hydrogen (secondary N) is 2. The van der Waals surface area contributed by atoms with E-state index in [0.29, 0.717) is 11.3 Å². The summed E-state index contributed by atoms with van der Waals surface area (Å²) in [4.78, 5) is 38.2. The Morgan fingerprint density at radius 3 is 2.39 bits per heavy atom. The quantitative estimate of drug-likeness (QED) is 0.418. The molecular weight excluding hydrogens is 486 g/mol. The molecule has 0 radical (unpaired) electrons. The fraction of sp³-hybridized carbons (Fsp3) is 0.320. The number of rotatable bonds is 8. The normalized spacial score (nSPS) is 12.8. The number of methoxy groups -OCH3 is 1. The monoisotopic (exact) mass is 515 g/mol. The van der Waals surface area contributed by atoms with Gasteiger partial charge < -0.3 is 9.84 Å². The van der Waals surface area contributed by atoms with Gasteiger partial charge in [-0.2, -0.15) is 0 Å². The van der Waals surface area contributed by atoms with Crippen LogP contribution in [0.15, 0.2) is 58.3 Å². The van der Waals surface area contributed by atoms with E-state index in [0.717, 1.165) is 17.4 Å². The summed E-state index contributed by atoms with van der Waals surface area (Å²) < 4.78 is 32.4. The number of benzene rings is 2. The maximum Gasteiger partial charge on any atom is 0.336 e. The minimum Gasteiger partial charge on any atom is -0.478 e. The maximum absolute atomic E-state index is 12.4. The molecule has 3 N–H and O–H groups in total. The van der Waals surface area contributed by atoms with Crippen molar-refractivity contribution in [1.82, 2.24) is 9.55 Å². The van der Waals surface area contributed by atoms with Crippen LogP contribution in [0.5, 0.6) is 0 Å². The molecule has 0 aliphatic rings. The molecule has 1 aromatic heterocycles. The van der Waals surface area contributed by atoms with E-state index >= 15 is 0 Å². The molecule has 0 amide bonds. The number of sulfonamides is 1. The van der Waals surface area contributed by atoms with Crippen molar-refractivity contribution in [3.8, 4) is 5.69 Å². The van der Waals surface area contributed by atoms with Gasteiger partial charge in [-0.3, -0.25) is 19.1 Å². The Morgan fingerprint density at radius 1 is 1.14 bits per heavy atom. The number of hydrogen-bond acceptors (Lipinski definition) is 6. The second-order valence-electron chi connectivity index (χ2n) is 9.53. The Labute approximate surface area is 208 Å². The number of ether oxygens (including phenoxy) is 1. The van der Waals surface area contributed by atoms with Crippen LogP contribution in [0.3, 0.4) is 0 Å². The number of H-pyrrole nitrogens is 1. The molecule has 0 bridgehead atoms. The predicted octanol–water partition coefficient (Wildman–Crippen LogP) is 2.82. The Kier molecular flexibility index (Phi) is 7.56. The van der Waals surface area contributed by atoms with Gasteiger partial charge in [0.25, 0.3) is 5.56 Å². The van der Waals surface area contributed by atoms with Crippen molar-refractivity contribution in [1.29, 1.82) is 0 Å². The third-order valence-corrected chi connectivity index (χ3v) is 6.19. The van der Waals surface area contributed by atoms with Crippen LogP contribution in [0.25, 0.3) is 5.69 Å². The molecule has 1 heterocycles. The number of anilines is 1. The minimum absolute atomic E-state index is 0.0976. The van der Waals surface area contributed by atoms with Crippen molar-refractivity contribution in [2.45, 2.75) is 38.7 Å². The van der Waals surface area contributed by atoms with Gasteiger partial charge in [0.2, 0.25) is 10.0 Å². The van der Waals surface area contributed by atoms with Gasteiger partial charge in [0.15, 0.2) is 0 Å². The van der Waals surface area contributed by atoms with Gasteiger partial charge in [-0.25, -0.2) is 18.0 Å². The fourth-order valence-electron chi connectivity index (χ4n) is 3.82. The first kappa shape index (κ1) is 26.9.